The van der Waals surface area contributed by atoms with Crippen molar-refractivity contribution in [3.63, 3.8) is 0 Å². The van der Waals surface area contributed by atoms with Gasteiger partial charge in [-0.2, -0.15) is 0 Å². The van der Waals surface area contributed by atoms with Crippen molar-refractivity contribution in [3.8, 4) is 5.75 Å². The molecule has 0 bridgehead atoms. The molecule has 0 aliphatic heterocycles. The largest absolute Gasteiger partial charge is 0.494 e. The molecule has 134 valence electrons. The van der Waals surface area contributed by atoms with Gasteiger partial charge in [-0.1, -0.05) is 25.1 Å². The van der Waals surface area contributed by atoms with E-state index in [-0.39, 0.29) is 11.4 Å². The summed E-state index contributed by atoms with van der Waals surface area (Å²) in [6.07, 6.45) is 0.772. The Hall–Kier alpha value is -2.38. The number of anilines is 1. The normalized spacial score (nSPS) is 11.1. The van der Waals surface area contributed by atoms with Crippen LogP contribution >= 0.6 is 0 Å². The zero-order valence-corrected chi connectivity index (χ0v) is 15.1. The Kier molecular flexibility index (Phi) is 6.55. The molecule has 0 aliphatic rings. The fourth-order valence-corrected chi connectivity index (χ4v) is 3.25. The average Bonchev–Trinajstić information content (AvgIpc) is 2.61. The van der Waals surface area contributed by atoms with Crippen LogP contribution in [0.2, 0.25) is 0 Å². The number of aryl methyl sites for hydroxylation is 1. The molecule has 2 aromatic carbocycles. The Morgan fingerprint density at radius 3 is 2.36 bits per heavy atom. The molecular formula is C18H22N2O4S. The van der Waals surface area contributed by atoms with E-state index >= 15 is 0 Å². The molecule has 1 amide bonds. The molecule has 7 heteroatoms. The number of carbonyl (C=O) groups excluding carboxylic acids is 1. The lowest BCUT2D eigenvalue weighted by molar-refractivity contribution is -0.115. The first-order valence-electron chi connectivity index (χ1n) is 8.06. The Labute approximate surface area is 148 Å². The van der Waals surface area contributed by atoms with Gasteiger partial charge in [-0.05, 0) is 49.2 Å². The van der Waals surface area contributed by atoms with E-state index in [1.165, 1.54) is 12.1 Å². The van der Waals surface area contributed by atoms with Crippen molar-refractivity contribution in [2.45, 2.75) is 25.2 Å². The van der Waals surface area contributed by atoms with Gasteiger partial charge in [0.25, 0.3) is 0 Å². The Morgan fingerprint density at radius 2 is 1.72 bits per heavy atom. The van der Waals surface area contributed by atoms with Gasteiger partial charge in [0.05, 0.1) is 18.0 Å². The number of hydrogen-bond donors (Lipinski definition) is 2. The summed E-state index contributed by atoms with van der Waals surface area (Å²) < 4.78 is 32.1. The number of nitrogens with one attached hydrogen (secondary N) is 2. The highest BCUT2D eigenvalue weighted by Gasteiger charge is 2.16. The third kappa shape index (κ3) is 5.30. The van der Waals surface area contributed by atoms with Crippen molar-refractivity contribution in [2.75, 3.05) is 18.5 Å². The van der Waals surface area contributed by atoms with E-state index in [2.05, 4.69) is 10.0 Å². The molecule has 0 saturated carbocycles. The molecule has 25 heavy (non-hydrogen) atoms. The van der Waals surface area contributed by atoms with Crippen molar-refractivity contribution in [3.05, 3.63) is 54.1 Å². The number of sulfonamides is 1. The molecule has 2 rings (SSSR count). The van der Waals surface area contributed by atoms with Gasteiger partial charge in [0.2, 0.25) is 15.9 Å². The predicted molar refractivity (Wildman–Crippen MR) is 97.2 cm³/mol. The van der Waals surface area contributed by atoms with Crippen LogP contribution in [0.1, 0.15) is 19.4 Å². The fourth-order valence-electron chi connectivity index (χ4n) is 2.27. The van der Waals surface area contributed by atoms with E-state index < -0.39 is 15.9 Å². The Bertz CT molecular complexity index is 817. The number of benzene rings is 2. The number of para-hydroxylation sites is 1. The van der Waals surface area contributed by atoms with Crippen LogP contribution in [0, 0.1) is 0 Å². The van der Waals surface area contributed by atoms with E-state index in [1.54, 1.807) is 18.2 Å². The number of ether oxygens (including phenoxy) is 1. The molecule has 0 saturated heterocycles. The van der Waals surface area contributed by atoms with Crippen LogP contribution < -0.4 is 14.8 Å². The zero-order valence-electron chi connectivity index (χ0n) is 14.3. The molecule has 6 nitrogen and oxygen atoms in total. The van der Waals surface area contributed by atoms with Gasteiger partial charge in [-0.15, -0.1) is 0 Å². The van der Waals surface area contributed by atoms with E-state index in [9.17, 15) is 13.2 Å². The number of carbonyl (C=O) groups is 1. The Balaban J connectivity index is 1.98. The van der Waals surface area contributed by atoms with E-state index in [1.807, 2.05) is 32.0 Å². The smallest absolute Gasteiger partial charge is 0.241 e. The van der Waals surface area contributed by atoms with Gasteiger partial charge in [0, 0.05) is 5.69 Å². The summed E-state index contributed by atoms with van der Waals surface area (Å²) in [5, 5.41) is 2.73. The van der Waals surface area contributed by atoms with Crippen LogP contribution in [0.4, 0.5) is 5.69 Å². The summed E-state index contributed by atoms with van der Waals surface area (Å²) in [7, 11) is -3.76. The maximum Gasteiger partial charge on any atom is 0.241 e. The third-order valence-corrected chi connectivity index (χ3v) is 4.96. The van der Waals surface area contributed by atoms with Gasteiger partial charge in [-0.3, -0.25) is 4.79 Å². The van der Waals surface area contributed by atoms with Crippen molar-refractivity contribution in [1.82, 2.24) is 4.72 Å². The summed E-state index contributed by atoms with van der Waals surface area (Å²) in [6.45, 7) is 4.00. The molecular weight excluding hydrogens is 340 g/mol. The van der Waals surface area contributed by atoms with E-state index in [0.717, 1.165) is 12.0 Å². The summed E-state index contributed by atoms with van der Waals surface area (Å²) >= 11 is 0. The van der Waals surface area contributed by atoms with Crippen LogP contribution in [0.25, 0.3) is 0 Å². The second kappa shape index (κ2) is 8.64. The molecule has 0 fully saturated rings. The third-order valence-electron chi connectivity index (χ3n) is 3.54. The molecule has 0 atom stereocenters. The fraction of sp³-hybridized carbons (Fsp3) is 0.278. The second-order valence-corrected chi connectivity index (χ2v) is 7.05. The summed E-state index contributed by atoms with van der Waals surface area (Å²) in [5.41, 5.74) is 1.68. The molecule has 2 N–H and O–H groups in total. The minimum Gasteiger partial charge on any atom is -0.494 e. The topological polar surface area (TPSA) is 84.5 Å². The molecule has 0 unspecified atom stereocenters. The molecule has 0 heterocycles. The van der Waals surface area contributed by atoms with Crippen molar-refractivity contribution < 1.29 is 17.9 Å². The first-order chi connectivity index (χ1) is 12.0. The highest BCUT2D eigenvalue weighted by atomic mass is 32.2. The predicted octanol–water partition coefficient (Wildman–Crippen LogP) is 2.56. The first kappa shape index (κ1) is 19.0. The van der Waals surface area contributed by atoms with Gasteiger partial charge in [0.1, 0.15) is 5.75 Å². The lowest BCUT2D eigenvalue weighted by atomic mass is 10.1. The van der Waals surface area contributed by atoms with Crippen molar-refractivity contribution in [2.24, 2.45) is 0 Å². The van der Waals surface area contributed by atoms with Crippen LogP contribution in [0.15, 0.2) is 53.4 Å². The van der Waals surface area contributed by atoms with Crippen LogP contribution in [0.5, 0.6) is 5.75 Å². The number of hydrogen-bond acceptors (Lipinski definition) is 4. The average molecular weight is 362 g/mol. The lowest BCUT2D eigenvalue weighted by Gasteiger charge is -2.11. The summed E-state index contributed by atoms with van der Waals surface area (Å²) in [4.78, 5) is 12.1. The standard InChI is InChI=1S/C18H22N2O4S/c1-3-14-7-5-6-8-17(14)20-18(21)13-19-25(22,23)16-11-9-15(10-12-16)24-4-2/h5-12,19H,3-4,13H2,1-2H3,(H,20,21). The molecule has 0 aromatic heterocycles. The van der Waals surface area contributed by atoms with E-state index in [0.29, 0.717) is 18.0 Å². The molecule has 0 radical (unpaired) electrons. The van der Waals surface area contributed by atoms with Gasteiger partial charge < -0.3 is 10.1 Å². The molecule has 0 spiro atoms. The maximum absolute atomic E-state index is 12.2. The highest BCUT2D eigenvalue weighted by Crippen LogP contribution is 2.17. The van der Waals surface area contributed by atoms with Gasteiger partial charge >= 0.3 is 0 Å². The van der Waals surface area contributed by atoms with Gasteiger partial charge in [0.15, 0.2) is 0 Å². The second-order valence-electron chi connectivity index (χ2n) is 5.29. The highest BCUT2D eigenvalue weighted by molar-refractivity contribution is 7.89. The number of amides is 1. The SMILES string of the molecule is CCOc1ccc(S(=O)(=O)NCC(=O)Nc2ccccc2CC)cc1. The van der Waals surface area contributed by atoms with Crippen LogP contribution in [-0.2, 0) is 21.2 Å². The minimum atomic E-state index is -3.76. The van der Waals surface area contributed by atoms with Crippen molar-refractivity contribution in [1.29, 1.82) is 0 Å². The maximum atomic E-state index is 12.2. The molecule has 0 aliphatic carbocycles. The quantitative estimate of drug-likeness (QED) is 0.756. The lowest BCUT2D eigenvalue weighted by Crippen LogP contribution is -2.33. The van der Waals surface area contributed by atoms with Crippen LogP contribution in [-0.4, -0.2) is 27.5 Å². The van der Waals surface area contributed by atoms with E-state index in [4.69, 9.17) is 4.74 Å². The number of rotatable bonds is 8. The summed E-state index contributed by atoms with van der Waals surface area (Å²) in [6, 6.07) is 13.5. The zero-order chi connectivity index (χ0) is 18.3. The summed E-state index contributed by atoms with van der Waals surface area (Å²) in [5.74, 6) is 0.172. The first-order valence-corrected chi connectivity index (χ1v) is 9.55. The van der Waals surface area contributed by atoms with Crippen LogP contribution in [0.3, 0.4) is 0 Å². The van der Waals surface area contributed by atoms with Crippen molar-refractivity contribution >= 4 is 21.6 Å². The monoisotopic (exact) mass is 362 g/mol. The Morgan fingerprint density at radius 1 is 1.04 bits per heavy atom. The minimum absolute atomic E-state index is 0.0812. The van der Waals surface area contributed by atoms with Gasteiger partial charge in [-0.25, -0.2) is 13.1 Å². The molecule has 2 aromatic rings.